The molecule has 1 fully saturated rings. The van der Waals surface area contributed by atoms with Crippen LogP contribution in [-0.2, 0) is 32.7 Å². The summed E-state index contributed by atoms with van der Waals surface area (Å²) in [5.74, 6) is -1.22. The molecule has 1 rings (SSSR count). The van der Waals surface area contributed by atoms with E-state index in [9.17, 15) is 49.7 Å². The topological polar surface area (TPSA) is 230 Å². The monoisotopic (exact) mass is 894 g/mol. The van der Waals surface area contributed by atoms with Gasteiger partial charge in [0.1, 0.15) is 43.2 Å². The molecule has 9 atom stereocenters. The summed E-state index contributed by atoms with van der Waals surface area (Å²) in [6, 6.07) is 0. The molecule has 14 nitrogen and oxygen atoms in total. The quantitative estimate of drug-likeness (QED) is 0.0111. The van der Waals surface area contributed by atoms with Crippen molar-refractivity contribution in [2.24, 2.45) is 0 Å². The van der Waals surface area contributed by atoms with Crippen molar-refractivity contribution < 1.29 is 68.2 Å². The summed E-state index contributed by atoms with van der Waals surface area (Å²) in [6.45, 7) is 2.77. The Morgan fingerprint density at radius 1 is 0.581 bits per heavy atom. The molecule has 0 aromatic carbocycles. The van der Waals surface area contributed by atoms with Gasteiger partial charge in [-0.25, -0.2) is 4.57 Å². The molecular formula is C47H75O14P. The first kappa shape index (κ1) is 56.7. The van der Waals surface area contributed by atoms with Crippen LogP contribution in [-0.4, -0.2) is 110 Å². The summed E-state index contributed by atoms with van der Waals surface area (Å²) in [5.41, 5.74) is 0. The van der Waals surface area contributed by atoms with Crippen LogP contribution in [0.5, 0.6) is 0 Å². The maximum absolute atomic E-state index is 12.8. The number of hydrogen-bond acceptors (Lipinski definition) is 13. The summed E-state index contributed by atoms with van der Waals surface area (Å²) in [7, 11) is -5.15. The maximum atomic E-state index is 12.8. The van der Waals surface area contributed by atoms with Crippen LogP contribution in [0.4, 0.5) is 0 Å². The zero-order chi connectivity index (χ0) is 45.9. The van der Waals surface area contributed by atoms with Gasteiger partial charge in [-0.1, -0.05) is 130 Å². The predicted molar refractivity (Wildman–Crippen MR) is 240 cm³/mol. The molecule has 3 unspecified atom stereocenters. The second kappa shape index (κ2) is 36.1. The molecule has 0 heterocycles. The minimum absolute atomic E-state index is 0.00548. The molecule has 0 amide bonds. The number of unbranched alkanes of at least 4 members (excludes halogenated alkanes) is 6. The predicted octanol–water partition coefficient (Wildman–Crippen LogP) is 7.24. The molecule has 1 aliphatic rings. The van der Waals surface area contributed by atoms with Gasteiger partial charge < -0.3 is 45.0 Å². The fourth-order valence-electron chi connectivity index (χ4n) is 5.88. The molecule has 0 aromatic rings. The summed E-state index contributed by atoms with van der Waals surface area (Å²) < 4.78 is 33.4. The summed E-state index contributed by atoms with van der Waals surface area (Å²) in [6.07, 6.45) is 31.3. The number of allylic oxidation sites excluding steroid dienone is 15. The number of phosphoric ester groups is 1. The lowest BCUT2D eigenvalue weighted by Gasteiger charge is -2.41. The van der Waals surface area contributed by atoms with Crippen LogP contribution >= 0.6 is 7.82 Å². The van der Waals surface area contributed by atoms with Crippen LogP contribution < -0.4 is 0 Å². The van der Waals surface area contributed by atoms with E-state index in [0.29, 0.717) is 25.7 Å². The fraction of sp³-hybridized carbons (Fsp3) is 0.617. The molecule has 7 N–H and O–H groups in total. The molecule has 62 heavy (non-hydrogen) atoms. The third-order valence-corrected chi connectivity index (χ3v) is 10.6. The van der Waals surface area contributed by atoms with Crippen molar-refractivity contribution in [2.45, 2.75) is 172 Å². The lowest BCUT2D eigenvalue weighted by atomic mass is 9.85. The SMILES string of the molecule is CC/C=C\C/C=C\C/C=C\CCCCCCCC(=O)OC[C@H](COP(=O)(O)OC1[C@H](O)[C@H](O)C(O)[C@H](O)[C@H]1O)OC(=O)CCC/C=C\C/C=C\C/C=C\C/C=C\C=C\[C@H](O)CC. The van der Waals surface area contributed by atoms with Gasteiger partial charge in [-0.05, 0) is 77.0 Å². The lowest BCUT2D eigenvalue weighted by Crippen LogP contribution is -2.64. The zero-order valence-corrected chi connectivity index (χ0v) is 37.6. The molecule has 0 aromatic heterocycles. The summed E-state index contributed by atoms with van der Waals surface area (Å²) in [4.78, 5) is 35.6. The van der Waals surface area contributed by atoms with Gasteiger partial charge in [0, 0.05) is 12.8 Å². The van der Waals surface area contributed by atoms with Crippen molar-refractivity contribution in [3.63, 3.8) is 0 Å². The number of ether oxygens (including phenoxy) is 2. The second-order valence-electron chi connectivity index (χ2n) is 15.0. The first-order valence-electron chi connectivity index (χ1n) is 22.1. The van der Waals surface area contributed by atoms with Crippen LogP contribution in [0, 0.1) is 0 Å². The Balaban J connectivity index is 2.55. The number of hydrogen-bond donors (Lipinski definition) is 7. The Labute approximate surface area is 369 Å². The number of carbonyl (C=O) groups excluding carboxylic acids is 2. The molecule has 15 heteroatoms. The van der Waals surface area contributed by atoms with Gasteiger partial charge in [0.25, 0.3) is 0 Å². The molecule has 1 aliphatic carbocycles. The van der Waals surface area contributed by atoms with Gasteiger partial charge in [-0.3, -0.25) is 18.6 Å². The van der Waals surface area contributed by atoms with E-state index in [2.05, 4.69) is 61.6 Å². The fourth-order valence-corrected chi connectivity index (χ4v) is 6.85. The number of rotatable bonds is 34. The van der Waals surface area contributed by atoms with Gasteiger partial charge in [0.15, 0.2) is 6.10 Å². The lowest BCUT2D eigenvalue weighted by molar-refractivity contribution is -0.220. The Morgan fingerprint density at radius 3 is 1.65 bits per heavy atom. The maximum Gasteiger partial charge on any atom is 0.472 e. The Hall–Kier alpha value is -3.27. The van der Waals surface area contributed by atoms with Crippen molar-refractivity contribution >= 4 is 19.8 Å². The van der Waals surface area contributed by atoms with E-state index in [0.717, 1.165) is 70.6 Å². The number of phosphoric acid groups is 1. The van der Waals surface area contributed by atoms with Gasteiger partial charge in [0.2, 0.25) is 0 Å². The Bertz CT molecular complexity index is 1470. The minimum atomic E-state index is -5.15. The number of carbonyl (C=O) groups is 2. The largest absolute Gasteiger partial charge is 0.472 e. The highest BCUT2D eigenvalue weighted by Gasteiger charge is 2.51. The van der Waals surface area contributed by atoms with E-state index < -0.39 is 81.8 Å². The Kier molecular flexibility index (Phi) is 33.1. The van der Waals surface area contributed by atoms with Crippen molar-refractivity contribution in [1.29, 1.82) is 0 Å². The van der Waals surface area contributed by atoms with Gasteiger partial charge >= 0.3 is 19.8 Å². The molecule has 0 aliphatic heterocycles. The third kappa shape index (κ3) is 28.4. The Morgan fingerprint density at radius 2 is 1.06 bits per heavy atom. The van der Waals surface area contributed by atoms with Crippen LogP contribution in [0.3, 0.4) is 0 Å². The number of aliphatic hydroxyl groups is 6. The highest BCUT2D eigenvalue weighted by Crippen LogP contribution is 2.47. The molecule has 0 bridgehead atoms. The first-order chi connectivity index (χ1) is 29.8. The summed E-state index contributed by atoms with van der Waals surface area (Å²) >= 11 is 0. The van der Waals surface area contributed by atoms with E-state index in [4.69, 9.17) is 18.5 Å². The average Bonchev–Trinajstić information content (AvgIpc) is 3.25. The third-order valence-electron chi connectivity index (χ3n) is 9.58. The van der Waals surface area contributed by atoms with E-state index in [1.165, 1.54) is 0 Å². The molecule has 0 radical (unpaired) electrons. The molecule has 0 spiro atoms. The molecule has 1 saturated carbocycles. The standard InChI is InChI=1S/C47H75O14P/c1-3-5-6-7-8-9-10-11-12-16-19-22-25-28-31-34-40(49)58-36-39(37-59-62(56,57)61-47-45(54)43(52)42(51)44(53)46(47)55)60-41(50)35-32-29-26-23-20-17-14-13-15-18-21-24-27-30-33-38(48)4-2/h5-6,8-9,11-12,14-15,17-18,23-24,26-27,30,33,38-39,42-48,51-55H,3-4,7,10,13,16,19-22,25,28-29,31-32,34-37H2,1-2H3,(H,56,57)/b6-5-,9-8-,12-11-,17-14-,18-15-,26-23-,27-24-,33-30+/t38-,39-,42?,43-,44+,45-,46-,47?/m1/s1. The molecule has 0 saturated heterocycles. The van der Waals surface area contributed by atoms with Crippen LogP contribution in [0.2, 0.25) is 0 Å². The van der Waals surface area contributed by atoms with Gasteiger partial charge in [-0.2, -0.15) is 0 Å². The van der Waals surface area contributed by atoms with Crippen LogP contribution in [0.25, 0.3) is 0 Å². The number of aliphatic hydroxyl groups excluding tert-OH is 6. The van der Waals surface area contributed by atoms with Gasteiger partial charge in [-0.15, -0.1) is 0 Å². The van der Waals surface area contributed by atoms with E-state index >= 15 is 0 Å². The molecular weight excluding hydrogens is 819 g/mol. The van der Waals surface area contributed by atoms with Gasteiger partial charge in [0.05, 0.1) is 12.7 Å². The highest BCUT2D eigenvalue weighted by atomic mass is 31.2. The van der Waals surface area contributed by atoms with Crippen molar-refractivity contribution in [3.8, 4) is 0 Å². The van der Waals surface area contributed by atoms with Crippen molar-refractivity contribution in [1.82, 2.24) is 0 Å². The minimum Gasteiger partial charge on any atom is -0.462 e. The molecule has 352 valence electrons. The van der Waals surface area contributed by atoms with Crippen LogP contribution in [0.15, 0.2) is 97.2 Å². The second-order valence-corrected chi connectivity index (χ2v) is 16.4. The van der Waals surface area contributed by atoms with E-state index in [1.807, 2.05) is 43.4 Å². The zero-order valence-electron chi connectivity index (χ0n) is 36.7. The first-order valence-corrected chi connectivity index (χ1v) is 23.6. The average molecular weight is 895 g/mol. The van der Waals surface area contributed by atoms with E-state index in [-0.39, 0.29) is 12.8 Å². The van der Waals surface area contributed by atoms with Crippen molar-refractivity contribution in [3.05, 3.63) is 97.2 Å². The van der Waals surface area contributed by atoms with E-state index in [1.54, 1.807) is 6.08 Å². The highest BCUT2D eigenvalue weighted by molar-refractivity contribution is 7.47. The summed E-state index contributed by atoms with van der Waals surface area (Å²) in [5, 5.41) is 59.6. The normalized spacial score (nSPS) is 23.3. The number of esters is 2. The van der Waals surface area contributed by atoms with Crippen LogP contribution in [0.1, 0.15) is 123 Å². The smallest absolute Gasteiger partial charge is 0.462 e. The van der Waals surface area contributed by atoms with Crippen molar-refractivity contribution in [2.75, 3.05) is 13.2 Å².